The molecule has 1 aliphatic rings. The predicted octanol–water partition coefficient (Wildman–Crippen LogP) is 4.14. The van der Waals surface area contributed by atoms with Crippen LogP contribution in [-0.4, -0.2) is 12.6 Å². The molecule has 0 aliphatic heterocycles. The smallest absolute Gasteiger partial charge is 0.119 e. The molecule has 0 bridgehead atoms. The van der Waals surface area contributed by atoms with Gasteiger partial charge in [-0.25, -0.2) is 0 Å². The summed E-state index contributed by atoms with van der Waals surface area (Å²) in [5.41, 5.74) is 1.35. The molecule has 1 fully saturated rings. The predicted molar refractivity (Wildman–Crippen MR) is 80.5 cm³/mol. The Balaban J connectivity index is 1.79. The van der Waals surface area contributed by atoms with Crippen LogP contribution in [0.2, 0.25) is 0 Å². The first-order valence-electron chi connectivity index (χ1n) is 7.74. The third-order valence-electron chi connectivity index (χ3n) is 4.08. The maximum Gasteiger partial charge on any atom is 0.119 e. The number of benzene rings is 1. The lowest BCUT2D eigenvalue weighted by molar-refractivity contribution is 0.279. The van der Waals surface area contributed by atoms with Crippen molar-refractivity contribution >= 4 is 0 Å². The fourth-order valence-corrected chi connectivity index (χ4v) is 2.79. The highest BCUT2D eigenvalue weighted by Crippen LogP contribution is 2.24. The van der Waals surface area contributed by atoms with Gasteiger partial charge in [-0.05, 0) is 42.9 Å². The normalized spacial score (nSPS) is 23.3. The second kappa shape index (κ2) is 7.54. The Hall–Kier alpha value is -1.02. The van der Waals surface area contributed by atoms with Crippen LogP contribution in [0.1, 0.15) is 51.5 Å². The Morgan fingerprint density at radius 2 is 1.89 bits per heavy atom. The highest BCUT2D eigenvalue weighted by Gasteiger charge is 2.20. The van der Waals surface area contributed by atoms with Crippen molar-refractivity contribution in [2.45, 2.75) is 58.5 Å². The molecule has 2 unspecified atom stereocenters. The molecule has 1 N–H and O–H groups in total. The van der Waals surface area contributed by atoms with E-state index in [9.17, 15) is 0 Å². The second-order valence-corrected chi connectivity index (χ2v) is 5.74. The van der Waals surface area contributed by atoms with E-state index in [1.807, 2.05) is 0 Å². The molecule has 1 aromatic carbocycles. The second-order valence-electron chi connectivity index (χ2n) is 5.74. The van der Waals surface area contributed by atoms with Crippen LogP contribution in [0.25, 0.3) is 0 Å². The van der Waals surface area contributed by atoms with E-state index in [1.54, 1.807) is 0 Å². The molecular formula is C17H27NO. The van der Waals surface area contributed by atoms with E-state index >= 15 is 0 Å². The zero-order valence-electron chi connectivity index (χ0n) is 12.3. The topological polar surface area (TPSA) is 21.3 Å². The summed E-state index contributed by atoms with van der Waals surface area (Å²) in [6.07, 6.45) is 6.55. The Labute approximate surface area is 117 Å². The van der Waals surface area contributed by atoms with Crippen LogP contribution in [0, 0.1) is 5.92 Å². The average molecular weight is 261 g/mol. The van der Waals surface area contributed by atoms with Crippen molar-refractivity contribution in [2.75, 3.05) is 6.61 Å². The van der Waals surface area contributed by atoms with Gasteiger partial charge in [0.15, 0.2) is 0 Å². The first-order chi connectivity index (χ1) is 9.29. The molecule has 106 valence electrons. The molecule has 2 nitrogen and oxygen atoms in total. The summed E-state index contributed by atoms with van der Waals surface area (Å²) in [7, 11) is 0. The van der Waals surface area contributed by atoms with E-state index in [0.717, 1.165) is 31.2 Å². The van der Waals surface area contributed by atoms with Crippen LogP contribution in [-0.2, 0) is 6.54 Å². The molecule has 0 spiro atoms. The van der Waals surface area contributed by atoms with Crippen LogP contribution in [0.4, 0.5) is 0 Å². The number of hydrogen-bond acceptors (Lipinski definition) is 2. The maximum atomic E-state index is 5.60. The quantitative estimate of drug-likeness (QED) is 0.831. The van der Waals surface area contributed by atoms with Crippen LogP contribution in [0.3, 0.4) is 0 Å². The summed E-state index contributed by atoms with van der Waals surface area (Å²) >= 11 is 0. The number of hydrogen-bond donors (Lipinski definition) is 1. The van der Waals surface area contributed by atoms with E-state index in [0.29, 0.717) is 6.04 Å². The summed E-state index contributed by atoms with van der Waals surface area (Å²) < 4.78 is 5.60. The van der Waals surface area contributed by atoms with Gasteiger partial charge in [-0.1, -0.05) is 38.8 Å². The van der Waals surface area contributed by atoms with Gasteiger partial charge in [0.25, 0.3) is 0 Å². The van der Waals surface area contributed by atoms with E-state index < -0.39 is 0 Å². The fraction of sp³-hybridized carbons (Fsp3) is 0.647. The van der Waals surface area contributed by atoms with E-state index in [4.69, 9.17) is 4.74 Å². The SMILES string of the molecule is CCCOc1ccc(CNC2CCCCC2C)cc1. The maximum absolute atomic E-state index is 5.60. The molecular weight excluding hydrogens is 234 g/mol. The summed E-state index contributed by atoms with van der Waals surface area (Å²) in [6.45, 7) is 6.28. The van der Waals surface area contributed by atoms with Gasteiger partial charge in [-0.15, -0.1) is 0 Å². The zero-order valence-corrected chi connectivity index (χ0v) is 12.3. The summed E-state index contributed by atoms with van der Waals surface area (Å²) in [6, 6.07) is 9.20. The lowest BCUT2D eigenvalue weighted by Crippen LogP contribution is -2.36. The summed E-state index contributed by atoms with van der Waals surface area (Å²) in [5, 5.41) is 3.71. The number of ether oxygens (including phenoxy) is 1. The zero-order chi connectivity index (χ0) is 13.5. The van der Waals surface area contributed by atoms with E-state index in [-0.39, 0.29) is 0 Å². The van der Waals surface area contributed by atoms with Gasteiger partial charge in [0.2, 0.25) is 0 Å². The lowest BCUT2D eigenvalue weighted by Gasteiger charge is -2.29. The van der Waals surface area contributed by atoms with Crippen molar-refractivity contribution in [2.24, 2.45) is 5.92 Å². The molecule has 0 aromatic heterocycles. The third-order valence-corrected chi connectivity index (χ3v) is 4.08. The largest absolute Gasteiger partial charge is 0.494 e. The highest BCUT2D eigenvalue weighted by atomic mass is 16.5. The minimum atomic E-state index is 0.699. The van der Waals surface area contributed by atoms with Crippen molar-refractivity contribution in [3.8, 4) is 5.75 Å². The lowest BCUT2D eigenvalue weighted by atomic mass is 9.86. The third kappa shape index (κ3) is 4.54. The number of nitrogens with one attached hydrogen (secondary N) is 1. The van der Waals surface area contributed by atoms with Gasteiger partial charge in [0.05, 0.1) is 6.61 Å². The molecule has 2 atom stereocenters. The van der Waals surface area contributed by atoms with Gasteiger partial charge in [0, 0.05) is 12.6 Å². The van der Waals surface area contributed by atoms with E-state index in [1.165, 1.54) is 31.2 Å². The molecule has 19 heavy (non-hydrogen) atoms. The minimum absolute atomic E-state index is 0.699. The Kier molecular flexibility index (Phi) is 5.71. The van der Waals surface area contributed by atoms with Crippen molar-refractivity contribution in [1.82, 2.24) is 5.32 Å². The van der Waals surface area contributed by atoms with Gasteiger partial charge in [-0.3, -0.25) is 0 Å². The molecule has 0 saturated heterocycles. The van der Waals surface area contributed by atoms with Crippen molar-refractivity contribution in [1.29, 1.82) is 0 Å². The molecule has 1 aromatic rings. The molecule has 2 rings (SSSR count). The standard InChI is InChI=1S/C17H27NO/c1-3-12-19-16-10-8-15(9-11-16)13-18-17-7-5-4-6-14(17)2/h8-11,14,17-18H,3-7,12-13H2,1-2H3. The van der Waals surface area contributed by atoms with E-state index in [2.05, 4.69) is 43.4 Å². The average Bonchev–Trinajstić information content (AvgIpc) is 2.45. The fourth-order valence-electron chi connectivity index (χ4n) is 2.79. The molecule has 0 amide bonds. The minimum Gasteiger partial charge on any atom is -0.494 e. The Morgan fingerprint density at radius 3 is 2.58 bits per heavy atom. The Morgan fingerprint density at radius 1 is 1.16 bits per heavy atom. The van der Waals surface area contributed by atoms with Crippen LogP contribution in [0.15, 0.2) is 24.3 Å². The van der Waals surface area contributed by atoms with Crippen molar-refractivity contribution < 1.29 is 4.74 Å². The Bertz CT molecular complexity index is 360. The monoisotopic (exact) mass is 261 g/mol. The van der Waals surface area contributed by atoms with Crippen LogP contribution in [0.5, 0.6) is 5.75 Å². The first kappa shape index (κ1) is 14.4. The molecule has 1 saturated carbocycles. The number of rotatable bonds is 6. The highest BCUT2D eigenvalue weighted by molar-refractivity contribution is 5.27. The van der Waals surface area contributed by atoms with Gasteiger partial charge >= 0.3 is 0 Å². The van der Waals surface area contributed by atoms with Gasteiger partial charge in [-0.2, -0.15) is 0 Å². The van der Waals surface area contributed by atoms with Crippen LogP contribution < -0.4 is 10.1 Å². The van der Waals surface area contributed by atoms with Crippen molar-refractivity contribution in [3.05, 3.63) is 29.8 Å². The van der Waals surface area contributed by atoms with Gasteiger partial charge < -0.3 is 10.1 Å². The summed E-state index contributed by atoms with van der Waals surface area (Å²) in [4.78, 5) is 0. The van der Waals surface area contributed by atoms with Gasteiger partial charge in [0.1, 0.15) is 5.75 Å². The first-order valence-corrected chi connectivity index (χ1v) is 7.74. The molecule has 2 heteroatoms. The summed E-state index contributed by atoms with van der Waals surface area (Å²) in [5.74, 6) is 1.80. The van der Waals surface area contributed by atoms with Crippen molar-refractivity contribution in [3.63, 3.8) is 0 Å². The molecule has 0 heterocycles. The van der Waals surface area contributed by atoms with Crippen LogP contribution >= 0.6 is 0 Å². The molecule has 1 aliphatic carbocycles. The molecule has 0 radical (unpaired) electrons.